The van der Waals surface area contributed by atoms with E-state index in [4.69, 9.17) is 10.2 Å². The minimum Gasteiger partial charge on any atom is -0.432 e. The molecule has 0 unspecified atom stereocenters. The summed E-state index contributed by atoms with van der Waals surface area (Å²) in [5.74, 6) is 0. The van der Waals surface area contributed by atoms with E-state index in [0.29, 0.717) is 0 Å². The number of H-pyrrole nitrogens is 1. The quantitative estimate of drug-likeness (QED) is 0.650. The Kier molecular flexibility index (Phi) is 1.73. The van der Waals surface area contributed by atoms with Crippen LogP contribution in [-0.4, -0.2) is 15.2 Å². The van der Waals surface area contributed by atoms with Gasteiger partial charge in [0.2, 0.25) is 0 Å². The fourth-order valence-electron chi connectivity index (χ4n) is 1.72. The number of hydrogen-bond donors (Lipinski definition) is 2. The number of oxazole rings is 1. The van der Waals surface area contributed by atoms with E-state index in [1.807, 2.05) is 25.1 Å². The second-order valence-electron chi connectivity index (χ2n) is 3.65. The number of anilines is 1. The Hall–Kier alpha value is -2.30. The van der Waals surface area contributed by atoms with Crippen LogP contribution in [0.5, 0.6) is 0 Å². The number of aromatic nitrogens is 3. The second kappa shape index (κ2) is 3.10. The van der Waals surface area contributed by atoms with Crippen LogP contribution in [0.4, 0.5) is 6.01 Å². The number of benzene rings is 1. The first-order valence-electron chi connectivity index (χ1n) is 4.90. The van der Waals surface area contributed by atoms with Crippen molar-refractivity contribution in [2.45, 2.75) is 6.92 Å². The Morgan fingerprint density at radius 3 is 3.00 bits per heavy atom. The Morgan fingerprint density at radius 1 is 1.38 bits per heavy atom. The van der Waals surface area contributed by atoms with Gasteiger partial charge in [-0.2, -0.15) is 10.1 Å². The molecule has 0 saturated carbocycles. The number of nitrogens with one attached hydrogen (secondary N) is 1. The Balaban J connectivity index is 2.21. The summed E-state index contributed by atoms with van der Waals surface area (Å²) in [5, 5.41) is 8.19. The van der Waals surface area contributed by atoms with Crippen molar-refractivity contribution < 1.29 is 4.42 Å². The second-order valence-corrected chi connectivity index (χ2v) is 3.65. The maximum Gasteiger partial charge on any atom is 0.292 e. The van der Waals surface area contributed by atoms with Gasteiger partial charge in [-0.3, -0.25) is 5.10 Å². The molecule has 80 valence electrons. The highest BCUT2D eigenvalue weighted by molar-refractivity contribution is 5.85. The normalized spacial score (nSPS) is 11.1. The smallest absolute Gasteiger partial charge is 0.292 e. The van der Waals surface area contributed by atoms with Crippen LogP contribution >= 0.6 is 0 Å². The molecule has 0 aliphatic carbocycles. The molecule has 2 aromatic heterocycles. The molecule has 0 saturated heterocycles. The van der Waals surface area contributed by atoms with Gasteiger partial charge in [-0.05, 0) is 19.1 Å². The zero-order valence-electron chi connectivity index (χ0n) is 8.69. The van der Waals surface area contributed by atoms with E-state index >= 15 is 0 Å². The lowest BCUT2D eigenvalue weighted by atomic mass is 10.1. The summed E-state index contributed by atoms with van der Waals surface area (Å²) in [7, 11) is 0. The van der Waals surface area contributed by atoms with E-state index in [2.05, 4.69) is 15.2 Å². The molecule has 0 aliphatic heterocycles. The largest absolute Gasteiger partial charge is 0.432 e. The maximum absolute atomic E-state index is 5.44. The maximum atomic E-state index is 5.44. The average Bonchev–Trinajstić information content (AvgIpc) is 2.86. The molecule has 0 fully saturated rings. The monoisotopic (exact) mass is 214 g/mol. The zero-order valence-corrected chi connectivity index (χ0v) is 8.69. The molecule has 5 nitrogen and oxygen atoms in total. The fraction of sp³-hybridized carbons (Fsp3) is 0.0909. The van der Waals surface area contributed by atoms with Crippen molar-refractivity contribution >= 4 is 16.9 Å². The van der Waals surface area contributed by atoms with Crippen LogP contribution < -0.4 is 5.73 Å². The standard InChI is InChI=1S/C11H10N4O/c1-6-8-4-7(2-3-9(8)15-14-6)10-5-16-11(12)13-10/h2-5H,1H3,(H2,12,13)(H,14,15). The van der Waals surface area contributed by atoms with Crippen molar-refractivity contribution in [1.82, 2.24) is 15.2 Å². The van der Waals surface area contributed by atoms with E-state index in [9.17, 15) is 0 Å². The van der Waals surface area contributed by atoms with Crippen molar-refractivity contribution in [1.29, 1.82) is 0 Å². The third-order valence-corrected chi connectivity index (χ3v) is 2.56. The fourth-order valence-corrected chi connectivity index (χ4v) is 1.72. The molecular formula is C11H10N4O. The number of aryl methyl sites for hydroxylation is 1. The van der Waals surface area contributed by atoms with Crippen LogP contribution in [0.2, 0.25) is 0 Å². The molecule has 0 radical (unpaired) electrons. The van der Waals surface area contributed by atoms with Gasteiger partial charge in [-0.15, -0.1) is 0 Å². The van der Waals surface area contributed by atoms with Gasteiger partial charge in [0.15, 0.2) is 0 Å². The molecule has 3 aromatic rings. The van der Waals surface area contributed by atoms with E-state index < -0.39 is 0 Å². The van der Waals surface area contributed by atoms with Gasteiger partial charge in [0.05, 0.1) is 5.52 Å². The molecule has 2 heterocycles. The molecule has 0 aliphatic rings. The van der Waals surface area contributed by atoms with Crippen LogP contribution in [0.3, 0.4) is 0 Å². The molecule has 5 heteroatoms. The Labute approximate surface area is 91.3 Å². The van der Waals surface area contributed by atoms with Gasteiger partial charge in [0.25, 0.3) is 6.01 Å². The number of nitrogens with zero attached hydrogens (tertiary/aromatic N) is 2. The highest BCUT2D eigenvalue weighted by Gasteiger charge is 2.07. The van der Waals surface area contributed by atoms with Gasteiger partial charge in [-0.25, -0.2) is 0 Å². The first-order chi connectivity index (χ1) is 7.74. The SMILES string of the molecule is Cc1[nH]nc2ccc(-c3coc(N)n3)cc12. The van der Waals surface area contributed by atoms with Gasteiger partial charge in [0.1, 0.15) is 12.0 Å². The zero-order chi connectivity index (χ0) is 11.1. The molecule has 1 aromatic carbocycles. The summed E-state index contributed by atoms with van der Waals surface area (Å²) < 4.78 is 4.99. The lowest BCUT2D eigenvalue weighted by Gasteiger charge is -1.95. The van der Waals surface area contributed by atoms with Crippen molar-refractivity contribution in [3.8, 4) is 11.3 Å². The van der Waals surface area contributed by atoms with E-state index in [1.165, 1.54) is 0 Å². The summed E-state index contributed by atoms with van der Waals surface area (Å²) in [6.07, 6.45) is 1.55. The first-order valence-corrected chi connectivity index (χ1v) is 4.90. The highest BCUT2D eigenvalue weighted by atomic mass is 16.4. The topological polar surface area (TPSA) is 80.7 Å². The molecule has 0 amide bonds. The average molecular weight is 214 g/mol. The minimum absolute atomic E-state index is 0.180. The van der Waals surface area contributed by atoms with Gasteiger partial charge >= 0.3 is 0 Å². The number of rotatable bonds is 1. The third kappa shape index (κ3) is 1.25. The molecule has 16 heavy (non-hydrogen) atoms. The predicted molar refractivity (Wildman–Crippen MR) is 60.7 cm³/mol. The predicted octanol–water partition coefficient (Wildman–Crippen LogP) is 2.11. The first kappa shape index (κ1) is 8.96. The summed E-state index contributed by atoms with van der Waals surface area (Å²) in [4.78, 5) is 4.08. The summed E-state index contributed by atoms with van der Waals surface area (Å²) in [6, 6.07) is 6.09. The molecule has 3 rings (SSSR count). The number of fused-ring (bicyclic) bond motifs is 1. The Morgan fingerprint density at radius 2 is 2.25 bits per heavy atom. The third-order valence-electron chi connectivity index (χ3n) is 2.56. The van der Waals surface area contributed by atoms with E-state index in [-0.39, 0.29) is 6.01 Å². The molecule has 0 spiro atoms. The molecular weight excluding hydrogens is 204 g/mol. The van der Waals surface area contributed by atoms with Crippen LogP contribution in [0.25, 0.3) is 22.2 Å². The number of nitrogens with two attached hydrogens (primary N) is 1. The van der Waals surface area contributed by atoms with Crippen molar-refractivity contribution in [3.63, 3.8) is 0 Å². The van der Waals surface area contributed by atoms with Crippen LogP contribution in [0, 0.1) is 6.92 Å². The van der Waals surface area contributed by atoms with Crippen LogP contribution in [0.1, 0.15) is 5.69 Å². The van der Waals surface area contributed by atoms with Crippen molar-refractivity contribution in [2.24, 2.45) is 0 Å². The van der Waals surface area contributed by atoms with Gasteiger partial charge in [-0.1, -0.05) is 6.07 Å². The van der Waals surface area contributed by atoms with Crippen molar-refractivity contribution in [2.75, 3.05) is 5.73 Å². The number of hydrogen-bond acceptors (Lipinski definition) is 4. The lowest BCUT2D eigenvalue weighted by Crippen LogP contribution is -1.83. The van der Waals surface area contributed by atoms with Gasteiger partial charge < -0.3 is 10.2 Å². The summed E-state index contributed by atoms with van der Waals surface area (Å²) in [5.41, 5.74) is 9.13. The lowest BCUT2D eigenvalue weighted by molar-refractivity contribution is 0.581. The summed E-state index contributed by atoms with van der Waals surface area (Å²) in [6.45, 7) is 1.98. The number of aromatic amines is 1. The van der Waals surface area contributed by atoms with Crippen molar-refractivity contribution in [3.05, 3.63) is 30.2 Å². The minimum atomic E-state index is 0.180. The summed E-state index contributed by atoms with van der Waals surface area (Å²) >= 11 is 0. The van der Waals surface area contributed by atoms with E-state index in [1.54, 1.807) is 6.26 Å². The number of nitrogen functional groups attached to an aromatic ring is 1. The Bertz CT molecular complexity index is 653. The molecule has 3 N–H and O–H groups in total. The van der Waals surface area contributed by atoms with Crippen LogP contribution in [0.15, 0.2) is 28.9 Å². The molecule has 0 bridgehead atoms. The highest BCUT2D eigenvalue weighted by Crippen LogP contribution is 2.24. The molecule has 0 atom stereocenters. The van der Waals surface area contributed by atoms with Crippen LogP contribution in [-0.2, 0) is 0 Å². The van der Waals surface area contributed by atoms with Gasteiger partial charge in [0, 0.05) is 16.6 Å². The van der Waals surface area contributed by atoms with E-state index in [0.717, 1.165) is 27.9 Å².